The number of nitrogens with zero attached hydrogens (tertiary/aromatic N) is 1. The molecular formula is C19H14F3NO. The van der Waals surface area contributed by atoms with Crippen LogP contribution >= 0.6 is 0 Å². The van der Waals surface area contributed by atoms with Crippen molar-refractivity contribution in [3.05, 3.63) is 82.8 Å². The maximum absolute atomic E-state index is 12.9. The van der Waals surface area contributed by atoms with Gasteiger partial charge in [-0.15, -0.1) is 0 Å². The van der Waals surface area contributed by atoms with E-state index in [1.807, 2.05) is 18.2 Å². The summed E-state index contributed by atoms with van der Waals surface area (Å²) in [6, 6.07) is 15.8. The van der Waals surface area contributed by atoms with Gasteiger partial charge in [-0.2, -0.15) is 13.2 Å². The van der Waals surface area contributed by atoms with Gasteiger partial charge in [0.2, 0.25) is 0 Å². The molecule has 0 spiro atoms. The van der Waals surface area contributed by atoms with Gasteiger partial charge in [0, 0.05) is 18.8 Å². The minimum Gasteiger partial charge on any atom is -0.317 e. The normalized spacial score (nSPS) is 11.5. The molecule has 0 bridgehead atoms. The van der Waals surface area contributed by atoms with E-state index < -0.39 is 11.7 Å². The molecule has 2 aromatic carbocycles. The van der Waals surface area contributed by atoms with E-state index in [1.165, 1.54) is 10.6 Å². The van der Waals surface area contributed by atoms with Crippen molar-refractivity contribution in [1.29, 1.82) is 0 Å². The van der Waals surface area contributed by atoms with Gasteiger partial charge in [-0.3, -0.25) is 4.79 Å². The van der Waals surface area contributed by atoms with Crippen LogP contribution in [0.2, 0.25) is 0 Å². The molecule has 0 saturated heterocycles. The zero-order chi connectivity index (χ0) is 17.3. The molecule has 0 amide bonds. The van der Waals surface area contributed by atoms with Crippen LogP contribution in [0.5, 0.6) is 0 Å². The van der Waals surface area contributed by atoms with E-state index in [0.717, 1.165) is 17.7 Å². The minimum absolute atomic E-state index is 0.197. The number of hydrogen-bond donors (Lipinski definition) is 0. The molecule has 0 fully saturated rings. The lowest BCUT2D eigenvalue weighted by molar-refractivity contribution is -0.137. The van der Waals surface area contributed by atoms with Crippen LogP contribution in [0.3, 0.4) is 0 Å². The predicted molar refractivity (Wildman–Crippen MR) is 87.6 cm³/mol. The predicted octanol–water partition coefficient (Wildman–Crippen LogP) is 4.74. The Morgan fingerprint density at radius 3 is 2.17 bits per heavy atom. The molecule has 1 heterocycles. The number of benzene rings is 2. The molecule has 3 rings (SSSR count). The van der Waals surface area contributed by atoms with Crippen LogP contribution in [0.1, 0.15) is 5.56 Å². The number of aromatic nitrogens is 1. The van der Waals surface area contributed by atoms with Crippen LogP contribution in [0, 0.1) is 0 Å². The first-order valence-electron chi connectivity index (χ1n) is 7.30. The van der Waals surface area contributed by atoms with E-state index in [4.69, 9.17) is 0 Å². The Bertz CT molecular complexity index is 927. The number of hydrogen-bond acceptors (Lipinski definition) is 1. The van der Waals surface area contributed by atoms with Gasteiger partial charge in [0.15, 0.2) is 0 Å². The van der Waals surface area contributed by atoms with Crippen LogP contribution in [-0.2, 0) is 13.2 Å². The highest BCUT2D eigenvalue weighted by Crippen LogP contribution is 2.32. The number of pyridine rings is 1. The number of rotatable bonds is 2. The van der Waals surface area contributed by atoms with Crippen LogP contribution < -0.4 is 5.56 Å². The molecule has 2 nitrogen and oxygen atoms in total. The lowest BCUT2D eigenvalue weighted by Gasteiger charge is -2.11. The molecule has 0 saturated carbocycles. The van der Waals surface area contributed by atoms with Gasteiger partial charge >= 0.3 is 6.18 Å². The van der Waals surface area contributed by atoms with E-state index in [2.05, 4.69) is 0 Å². The van der Waals surface area contributed by atoms with Crippen LogP contribution in [0.25, 0.3) is 22.3 Å². The van der Waals surface area contributed by atoms with Crippen molar-refractivity contribution in [3.8, 4) is 22.3 Å². The Morgan fingerprint density at radius 2 is 1.50 bits per heavy atom. The molecule has 0 radical (unpaired) electrons. The zero-order valence-electron chi connectivity index (χ0n) is 12.8. The molecule has 122 valence electrons. The largest absolute Gasteiger partial charge is 0.416 e. The monoisotopic (exact) mass is 329 g/mol. The fraction of sp³-hybridized carbons (Fsp3) is 0.105. The second-order valence-electron chi connectivity index (χ2n) is 5.50. The van der Waals surface area contributed by atoms with Crippen molar-refractivity contribution in [2.24, 2.45) is 7.05 Å². The average Bonchev–Trinajstić information content (AvgIpc) is 2.57. The van der Waals surface area contributed by atoms with Crippen molar-refractivity contribution in [3.63, 3.8) is 0 Å². The molecule has 24 heavy (non-hydrogen) atoms. The SMILES string of the molecule is Cn1cc(-c2cccc(C(F)(F)F)c2)cc(-c2ccccc2)c1=O. The maximum Gasteiger partial charge on any atom is 0.416 e. The first kappa shape index (κ1) is 16.1. The molecule has 0 aliphatic heterocycles. The Kier molecular flexibility index (Phi) is 4.01. The van der Waals surface area contributed by atoms with Crippen LogP contribution in [0.4, 0.5) is 13.2 Å². The number of halogens is 3. The summed E-state index contributed by atoms with van der Waals surface area (Å²) in [4.78, 5) is 12.4. The molecule has 0 atom stereocenters. The summed E-state index contributed by atoms with van der Waals surface area (Å²) in [6.07, 6.45) is -2.86. The molecular weight excluding hydrogens is 315 g/mol. The number of alkyl halides is 3. The fourth-order valence-corrected chi connectivity index (χ4v) is 2.57. The van der Waals surface area contributed by atoms with Gasteiger partial charge in [-0.25, -0.2) is 0 Å². The highest BCUT2D eigenvalue weighted by Gasteiger charge is 2.30. The summed E-state index contributed by atoms with van der Waals surface area (Å²) in [5, 5.41) is 0. The standard InChI is InChI=1S/C19H14F3NO/c1-23-12-15(14-8-5-9-16(10-14)19(20,21)22)11-17(18(23)24)13-6-3-2-4-7-13/h2-12H,1H3. The van der Waals surface area contributed by atoms with Crippen LogP contribution in [-0.4, -0.2) is 4.57 Å². The van der Waals surface area contributed by atoms with Crippen molar-refractivity contribution in [2.45, 2.75) is 6.18 Å². The van der Waals surface area contributed by atoms with Gasteiger partial charge in [0.05, 0.1) is 5.56 Å². The Balaban J connectivity index is 2.17. The van der Waals surface area contributed by atoms with Gasteiger partial charge < -0.3 is 4.57 Å². The highest BCUT2D eigenvalue weighted by molar-refractivity contribution is 5.72. The summed E-state index contributed by atoms with van der Waals surface area (Å²) in [6.45, 7) is 0. The van der Waals surface area contributed by atoms with Gasteiger partial charge in [0.25, 0.3) is 5.56 Å². The first-order valence-corrected chi connectivity index (χ1v) is 7.30. The molecule has 0 unspecified atom stereocenters. The molecule has 0 aliphatic rings. The fourth-order valence-electron chi connectivity index (χ4n) is 2.57. The second-order valence-corrected chi connectivity index (χ2v) is 5.50. The van der Waals surface area contributed by atoms with Gasteiger partial charge in [-0.1, -0.05) is 42.5 Å². The third-order valence-electron chi connectivity index (χ3n) is 3.79. The number of aryl methyl sites for hydroxylation is 1. The van der Waals surface area contributed by atoms with E-state index in [0.29, 0.717) is 16.7 Å². The van der Waals surface area contributed by atoms with Crippen LogP contribution in [0.15, 0.2) is 71.7 Å². The summed E-state index contributed by atoms with van der Waals surface area (Å²) in [5.74, 6) is 0. The summed E-state index contributed by atoms with van der Waals surface area (Å²) >= 11 is 0. The third-order valence-corrected chi connectivity index (χ3v) is 3.79. The van der Waals surface area contributed by atoms with Crippen molar-refractivity contribution >= 4 is 0 Å². The van der Waals surface area contributed by atoms with E-state index in [1.54, 1.807) is 37.5 Å². The van der Waals surface area contributed by atoms with E-state index in [-0.39, 0.29) is 5.56 Å². The third kappa shape index (κ3) is 3.11. The molecule has 0 N–H and O–H groups in total. The Labute approximate surface area is 136 Å². The highest BCUT2D eigenvalue weighted by atomic mass is 19.4. The van der Waals surface area contributed by atoms with Gasteiger partial charge in [0.1, 0.15) is 0 Å². The summed E-state index contributed by atoms with van der Waals surface area (Å²) < 4.78 is 40.1. The Morgan fingerprint density at radius 1 is 0.833 bits per heavy atom. The van der Waals surface area contributed by atoms with E-state index >= 15 is 0 Å². The molecule has 1 aromatic heterocycles. The maximum atomic E-state index is 12.9. The van der Waals surface area contributed by atoms with Gasteiger partial charge in [-0.05, 0) is 34.9 Å². The summed E-state index contributed by atoms with van der Waals surface area (Å²) in [7, 11) is 1.59. The minimum atomic E-state index is -4.40. The second kappa shape index (κ2) is 6.00. The quantitative estimate of drug-likeness (QED) is 0.666. The van der Waals surface area contributed by atoms with Crippen molar-refractivity contribution < 1.29 is 13.2 Å². The first-order chi connectivity index (χ1) is 11.4. The van der Waals surface area contributed by atoms with E-state index in [9.17, 15) is 18.0 Å². The lowest BCUT2D eigenvalue weighted by atomic mass is 10.00. The summed E-state index contributed by atoms with van der Waals surface area (Å²) in [5.41, 5.74) is 1.24. The molecule has 0 aliphatic carbocycles. The molecule has 3 aromatic rings. The average molecular weight is 329 g/mol. The zero-order valence-corrected chi connectivity index (χ0v) is 12.8. The molecule has 5 heteroatoms. The topological polar surface area (TPSA) is 22.0 Å². The van der Waals surface area contributed by atoms with Crippen molar-refractivity contribution in [2.75, 3.05) is 0 Å². The lowest BCUT2D eigenvalue weighted by Crippen LogP contribution is -2.18. The smallest absolute Gasteiger partial charge is 0.317 e. The van der Waals surface area contributed by atoms with Crippen molar-refractivity contribution in [1.82, 2.24) is 4.57 Å². The Hall–Kier alpha value is -2.82.